The summed E-state index contributed by atoms with van der Waals surface area (Å²) in [5.74, 6) is -1.52. The molecule has 0 spiro atoms. The number of esters is 1. The molecule has 0 aliphatic carbocycles. The van der Waals surface area contributed by atoms with Crippen LogP contribution in [0.3, 0.4) is 0 Å². The number of hydrogen-bond donors (Lipinski definition) is 0. The van der Waals surface area contributed by atoms with E-state index >= 15 is 0 Å². The van der Waals surface area contributed by atoms with Crippen LogP contribution in [0, 0.1) is 12.8 Å². The molecule has 0 unspecified atom stereocenters. The van der Waals surface area contributed by atoms with Crippen molar-refractivity contribution < 1.29 is 23.9 Å². The molecule has 0 N–H and O–H groups in total. The van der Waals surface area contributed by atoms with Gasteiger partial charge in [-0.25, -0.2) is 0 Å². The van der Waals surface area contributed by atoms with Crippen molar-refractivity contribution in [3.63, 3.8) is 0 Å². The van der Waals surface area contributed by atoms with Gasteiger partial charge in [0.05, 0.1) is 5.92 Å². The van der Waals surface area contributed by atoms with E-state index in [0.29, 0.717) is 18.5 Å². The monoisotopic (exact) mass is 420 g/mol. The SMILES string of the molecule is Cc1ccc(N2C[C@H](C(=O)OCC(=O)c3ccc(N4CCCC4=O)cc3)CC2=O)cc1. The van der Waals surface area contributed by atoms with Crippen molar-refractivity contribution >= 4 is 34.9 Å². The Balaban J connectivity index is 1.31. The van der Waals surface area contributed by atoms with Gasteiger partial charge in [0.2, 0.25) is 11.8 Å². The van der Waals surface area contributed by atoms with Crippen molar-refractivity contribution in [2.45, 2.75) is 26.2 Å². The molecule has 2 aromatic carbocycles. The van der Waals surface area contributed by atoms with Crippen molar-refractivity contribution in [1.82, 2.24) is 0 Å². The normalized spacial score (nSPS) is 18.5. The second kappa shape index (κ2) is 8.71. The molecule has 4 rings (SSSR count). The van der Waals surface area contributed by atoms with Crippen LogP contribution in [0.5, 0.6) is 0 Å². The Morgan fingerprint density at radius 3 is 2.23 bits per heavy atom. The second-order valence-corrected chi connectivity index (χ2v) is 7.97. The van der Waals surface area contributed by atoms with E-state index in [1.54, 1.807) is 34.1 Å². The molecule has 2 amide bonds. The van der Waals surface area contributed by atoms with Gasteiger partial charge >= 0.3 is 5.97 Å². The zero-order valence-corrected chi connectivity index (χ0v) is 17.4. The van der Waals surface area contributed by atoms with Crippen LogP contribution >= 0.6 is 0 Å². The number of anilines is 2. The first kappa shape index (κ1) is 20.8. The molecule has 7 nitrogen and oxygen atoms in total. The summed E-state index contributed by atoms with van der Waals surface area (Å²) in [7, 11) is 0. The van der Waals surface area contributed by atoms with Crippen LogP contribution in [0.1, 0.15) is 35.2 Å². The molecule has 2 aromatic rings. The van der Waals surface area contributed by atoms with Gasteiger partial charge < -0.3 is 14.5 Å². The number of benzene rings is 2. The van der Waals surface area contributed by atoms with Crippen molar-refractivity contribution in [3.05, 3.63) is 59.7 Å². The number of hydrogen-bond acceptors (Lipinski definition) is 5. The molecule has 0 aromatic heterocycles. The largest absolute Gasteiger partial charge is 0.457 e. The molecular formula is C24H24N2O5. The lowest BCUT2D eigenvalue weighted by Crippen LogP contribution is -2.27. The van der Waals surface area contributed by atoms with Crippen molar-refractivity contribution in [1.29, 1.82) is 0 Å². The van der Waals surface area contributed by atoms with Gasteiger partial charge in [0.1, 0.15) is 0 Å². The van der Waals surface area contributed by atoms with E-state index in [9.17, 15) is 19.2 Å². The maximum Gasteiger partial charge on any atom is 0.311 e. The van der Waals surface area contributed by atoms with Gasteiger partial charge in [0.15, 0.2) is 12.4 Å². The molecule has 2 heterocycles. The summed E-state index contributed by atoms with van der Waals surface area (Å²) in [6.07, 6.45) is 1.45. The van der Waals surface area contributed by atoms with Gasteiger partial charge in [0, 0.05) is 42.9 Å². The molecule has 1 atom stereocenters. The van der Waals surface area contributed by atoms with Crippen molar-refractivity contribution in [2.75, 3.05) is 29.5 Å². The van der Waals surface area contributed by atoms with Crippen LogP contribution in [0.4, 0.5) is 11.4 Å². The lowest BCUT2D eigenvalue weighted by atomic mass is 10.1. The summed E-state index contributed by atoms with van der Waals surface area (Å²) >= 11 is 0. The summed E-state index contributed by atoms with van der Waals surface area (Å²) in [4.78, 5) is 52.3. The zero-order chi connectivity index (χ0) is 22.0. The summed E-state index contributed by atoms with van der Waals surface area (Å²) in [6, 6.07) is 14.3. The topological polar surface area (TPSA) is 84.0 Å². The van der Waals surface area contributed by atoms with E-state index in [1.165, 1.54) is 0 Å². The zero-order valence-electron chi connectivity index (χ0n) is 17.4. The van der Waals surface area contributed by atoms with Crippen molar-refractivity contribution in [2.24, 2.45) is 5.92 Å². The van der Waals surface area contributed by atoms with Gasteiger partial charge in [-0.05, 0) is 49.7 Å². The lowest BCUT2D eigenvalue weighted by Gasteiger charge is -2.17. The molecule has 2 fully saturated rings. The van der Waals surface area contributed by atoms with Gasteiger partial charge in [-0.2, -0.15) is 0 Å². The average Bonchev–Trinajstić information content (AvgIpc) is 3.38. The summed E-state index contributed by atoms with van der Waals surface area (Å²) < 4.78 is 5.21. The number of rotatable bonds is 6. The van der Waals surface area contributed by atoms with E-state index in [4.69, 9.17) is 4.74 Å². The first-order chi connectivity index (χ1) is 14.9. The van der Waals surface area contributed by atoms with Gasteiger partial charge in [-0.1, -0.05) is 17.7 Å². The Bertz CT molecular complexity index is 1010. The fourth-order valence-corrected chi connectivity index (χ4v) is 3.93. The number of ketones is 1. The number of carbonyl (C=O) groups excluding carboxylic acids is 4. The number of amides is 2. The van der Waals surface area contributed by atoms with Gasteiger partial charge in [-0.3, -0.25) is 19.2 Å². The molecule has 0 saturated carbocycles. The van der Waals surface area contributed by atoms with Crippen LogP contribution in [0.15, 0.2) is 48.5 Å². The van der Waals surface area contributed by atoms with Crippen molar-refractivity contribution in [3.8, 4) is 0 Å². The molecule has 160 valence electrons. The fourth-order valence-electron chi connectivity index (χ4n) is 3.93. The smallest absolute Gasteiger partial charge is 0.311 e. The van der Waals surface area contributed by atoms with Crippen LogP contribution in [0.2, 0.25) is 0 Å². The highest BCUT2D eigenvalue weighted by Crippen LogP contribution is 2.26. The highest BCUT2D eigenvalue weighted by molar-refractivity contribution is 6.01. The predicted octanol–water partition coefficient (Wildman–Crippen LogP) is 2.90. The maximum atomic E-state index is 12.4. The minimum atomic E-state index is -0.592. The van der Waals surface area contributed by atoms with E-state index in [1.807, 2.05) is 31.2 Å². The van der Waals surface area contributed by atoms with E-state index < -0.39 is 11.9 Å². The fraction of sp³-hybridized carbons (Fsp3) is 0.333. The Morgan fingerprint density at radius 1 is 0.935 bits per heavy atom. The lowest BCUT2D eigenvalue weighted by molar-refractivity contribution is -0.147. The minimum Gasteiger partial charge on any atom is -0.457 e. The summed E-state index contributed by atoms with van der Waals surface area (Å²) in [5, 5.41) is 0. The second-order valence-electron chi connectivity index (χ2n) is 7.97. The number of Topliss-reactive ketones (excluding diaryl/α,β-unsaturated/α-hetero) is 1. The predicted molar refractivity (Wildman–Crippen MR) is 115 cm³/mol. The van der Waals surface area contributed by atoms with Gasteiger partial charge in [0.25, 0.3) is 0 Å². The van der Waals surface area contributed by atoms with Crippen LogP contribution in [0.25, 0.3) is 0 Å². The number of nitrogens with zero attached hydrogens (tertiary/aromatic N) is 2. The first-order valence-electron chi connectivity index (χ1n) is 10.4. The molecule has 31 heavy (non-hydrogen) atoms. The summed E-state index contributed by atoms with van der Waals surface area (Å²) in [6.45, 7) is 2.51. The minimum absolute atomic E-state index is 0.0689. The molecule has 0 radical (unpaired) electrons. The van der Waals surface area contributed by atoms with Crippen LogP contribution in [-0.4, -0.2) is 43.3 Å². The van der Waals surface area contributed by atoms with E-state index in [-0.39, 0.29) is 37.2 Å². The molecular weight excluding hydrogens is 396 g/mol. The van der Waals surface area contributed by atoms with Gasteiger partial charge in [-0.15, -0.1) is 0 Å². The molecule has 7 heteroatoms. The average molecular weight is 420 g/mol. The van der Waals surface area contributed by atoms with E-state index in [2.05, 4.69) is 0 Å². The molecule has 2 aliphatic rings. The highest BCUT2D eigenvalue weighted by atomic mass is 16.5. The Kier molecular flexibility index (Phi) is 5.84. The third-order valence-electron chi connectivity index (χ3n) is 5.72. The van der Waals surface area contributed by atoms with Crippen LogP contribution in [-0.2, 0) is 19.1 Å². The Labute approximate surface area is 180 Å². The number of aryl methyl sites for hydroxylation is 1. The summed E-state index contributed by atoms with van der Waals surface area (Å²) in [5.41, 5.74) is 3.01. The quantitative estimate of drug-likeness (QED) is 0.530. The molecule has 2 saturated heterocycles. The third kappa shape index (κ3) is 4.50. The molecule has 2 aliphatic heterocycles. The number of ether oxygens (including phenoxy) is 1. The standard InChI is InChI=1S/C24H24N2O5/c1-16-4-8-20(9-5-16)26-14-18(13-23(26)29)24(30)31-15-21(27)17-6-10-19(11-7-17)25-12-2-3-22(25)28/h4-11,18H,2-3,12-15H2,1H3/t18-/m1/s1. The highest BCUT2D eigenvalue weighted by Gasteiger charge is 2.36. The van der Waals surface area contributed by atoms with E-state index in [0.717, 1.165) is 23.4 Å². The number of carbonyl (C=O) groups is 4. The first-order valence-corrected chi connectivity index (χ1v) is 10.4. The Hall–Kier alpha value is -3.48. The Morgan fingerprint density at radius 2 is 1.58 bits per heavy atom. The maximum absolute atomic E-state index is 12.4. The third-order valence-corrected chi connectivity index (χ3v) is 5.72. The van der Waals surface area contributed by atoms with Crippen LogP contribution < -0.4 is 9.80 Å². The molecule has 0 bridgehead atoms.